The van der Waals surface area contributed by atoms with Gasteiger partial charge in [-0.1, -0.05) is 12.2 Å². The van der Waals surface area contributed by atoms with Crippen molar-refractivity contribution in [2.45, 2.75) is 19.3 Å². The normalized spacial score (nSPS) is 9.95. The molecule has 4 N–H and O–H groups in total. The van der Waals surface area contributed by atoms with Crippen molar-refractivity contribution in [1.29, 1.82) is 0 Å². The van der Waals surface area contributed by atoms with Crippen LogP contribution in [-0.4, -0.2) is 29.7 Å². The maximum atomic E-state index is 11.9. The van der Waals surface area contributed by atoms with Crippen molar-refractivity contribution in [2.24, 2.45) is 5.73 Å². The van der Waals surface area contributed by atoms with E-state index in [9.17, 15) is 9.90 Å². The summed E-state index contributed by atoms with van der Waals surface area (Å²) in [4.78, 5) is 12.3. The van der Waals surface area contributed by atoms with E-state index in [1.807, 2.05) is 0 Å². The van der Waals surface area contributed by atoms with Crippen molar-refractivity contribution in [3.05, 3.63) is 23.8 Å². The SMILES string of the molecule is COc1ccc(O)c(C(=O)NCCCCC(N)=S)c1. The van der Waals surface area contributed by atoms with Crippen molar-refractivity contribution < 1.29 is 14.6 Å². The molecule has 0 fully saturated rings. The van der Waals surface area contributed by atoms with E-state index in [1.54, 1.807) is 6.07 Å². The van der Waals surface area contributed by atoms with Crippen molar-refractivity contribution >= 4 is 23.1 Å². The van der Waals surface area contributed by atoms with Gasteiger partial charge in [0.25, 0.3) is 5.91 Å². The Balaban J connectivity index is 2.47. The number of amides is 1. The maximum Gasteiger partial charge on any atom is 0.255 e. The molecule has 0 atom stereocenters. The van der Waals surface area contributed by atoms with Crippen LogP contribution < -0.4 is 15.8 Å². The van der Waals surface area contributed by atoms with Gasteiger partial charge >= 0.3 is 0 Å². The molecule has 0 radical (unpaired) electrons. The van der Waals surface area contributed by atoms with Gasteiger partial charge in [-0.2, -0.15) is 0 Å². The third-order valence-electron chi connectivity index (χ3n) is 2.58. The third kappa shape index (κ3) is 5.13. The molecule has 0 aliphatic carbocycles. The van der Waals surface area contributed by atoms with Crippen molar-refractivity contribution in [2.75, 3.05) is 13.7 Å². The third-order valence-corrected chi connectivity index (χ3v) is 2.79. The highest BCUT2D eigenvalue weighted by Crippen LogP contribution is 2.22. The highest BCUT2D eigenvalue weighted by Gasteiger charge is 2.11. The Hall–Kier alpha value is -1.82. The Morgan fingerprint density at radius 1 is 1.47 bits per heavy atom. The monoisotopic (exact) mass is 282 g/mol. The van der Waals surface area contributed by atoms with Crippen LogP contribution in [0.25, 0.3) is 0 Å². The molecule has 0 bridgehead atoms. The summed E-state index contributed by atoms with van der Waals surface area (Å²) in [5.41, 5.74) is 5.58. The number of ether oxygens (including phenoxy) is 1. The summed E-state index contributed by atoms with van der Waals surface area (Å²) in [6.07, 6.45) is 2.29. The molecule has 5 nitrogen and oxygen atoms in total. The lowest BCUT2D eigenvalue weighted by atomic mass is 10.1. The second-order valence-corrected chi connectivity index (χ2v) is 4.59. The van der Waals surface area contributed by atoms with E-state index in [4.69, 9.17) is 22.7 Å². The molecule has 104 valence electrons. The lowest BCUT2D eigenvalue weighted by Crippen LogP contribution is -2.24. The number of phenols is 1. The smallest absolute Gasteiger partial charge is 0.255 e. The average molecular weight is 282 g/mol. The second-order valence-electron chi connectivity index (χ2n) is 4.06. The van der Waals surface area contributed by atoms with E-state index in [0.717, 1.165) is 12.8 Å². The molecule has 0 heterocycles. The number of carbonyl (C=O) groups excluding carboxylic acids is 1. The largest absolute Gasteiger partial charge is 0.507 e. The van der Waals surface area contributed by atoms with Gasteiger partial charge in [0.05, 0.1) is 17.7 Å². The first-order valence-corrected chi connectivity index (χ1v) is 6.39. The van der Waals surface area contributed by atoms with Gasteiger partial charge in [0.2, 0.25) is 0 Å². The quantitative estimate of drug-likeness (QED) is 0.522. The van der Waals surface area contributed by atoms with Gasteiger partial charge in [-0.25, -0.2) is 0 Å². The minimum Gasteiger partial charge on any atom is -0.507 e. The summed E-state index contributed by atoms with van der Waals surface area (Å²) < 4.78 is 5.01. The van der Waals surface area contributed by atoms with Crippen LogP contribution in [0.1, 0.15) is 29.6 Å². The molecule has 1 aromatic rings. The summed E-state index contributed by atoms with van der Waals surface area (Å²) in [6.45, 7) is 0.512. The number of unbranched alkanes of at least 4 members (excludes halogenated alkanes) is 1. The lowest BCUT2D eigenvalue weighted by Gasteiger charge is -2.08. The Kier molecular flexibility index (Phi) is 6.08. The molecule has 0 saturated heterocycles. The van der Waals surface area contributed by atoms with Crippen LogP contribution >= 0.6 is 12.2 Å². The zero-order valence-electron chi connectivity index (χ0n) is 10.8. The van der Waals surface area contributed by atoms with Gasteiger partial charge in [-0.15, -0.1) is 0 Å². The number of nitrogens with one attached hydrogen (secondary N) is 1. The van der Waals surface area contributed by atoms with Crippen LogP contribution in [0.4, 0.5) is 0 Å². The molecular formula is C13H18N2O3S. The van der Waals surface area contributed by atoms with Crippen molar-refractivity contribution in [3.8, 4) is 11.5 Å². The Morgan fingerprint density at radius 2 is 2.21 bits per heavy atom. The van der Waals surface area contributed by atoms with Crippen LogP contribution in [-0.2, 0) is 0 Å². The molecule has 0 aliphatic rings. The fraction of sp³-hybridized carbons (Fsp3) is 0.385. The standard InChI is InChI=1S/C13H18N2O3S/c1-18-9-5-6-11(16)10(8-9)13(17)15-7-3-2-4-12(14)19/h5-6,8,16H,2-4,7H2,1H3,(H2,14,19)(H,15,17). The molecule has 1 aromatic carbocycles. The maximum absolute atomic E-state index is 11.9. The highest BCUT2D eigenvalue weighted by atomic mass is 32.1. The highest BCUT2D eigenvalue weighted by molar-refractivity contribution is 7.80. The summed E-state index contributed by atoms with van der Waals surface area (Å²) in [6, 6.07) is 4.52. The van der Waals surface area contributed by atoms with E-state index in [0.29, 0.717) is 23.7 Å². The molecule has 19 heavy (non-hydrogen) atoms. The number of aromatic hydroxyl groups is 1. The van der Waals surface area contributed by atoms with Crippen LogP contribution in [0.3, 0.4) is 0 Å². The number of methoxy groups -OCH3 is 1. The van der Waals surface area contributed by atoms with Crippen LogP contribution in [0.2, 0.25) is 0 Å². The van der Waals surface area contributed by atoms with E-state index in [1.165, 1.54) is 19.2 Å². The van der Waals surface area contributed by atoms with Gasteiger partial charge in [-0.05, 0) is 37.5 Å². The predicted molar refractivity (Wildman–Crippen MR) is 77.6 cm³/mol. The topological polar surface area (TPSA) is 84.6 Å². The molecule has 0 saturated carbocycles. The molecule has 0 aliphatic heterocycles. The molecule has 1 rings (SSSR count). The first-order valence-electron chi connectivity index (χ1n) is 5.98. The Morgan fingerprint density at radius 3 is 2.84 bits per heavy atom. The zero-order valence-corrected chi connectivity index (χ0v) is 11.6. The summed E-state index contributed by atoms with van der Waals surface area (Å²) in [5, 5.41) is 12.4. The number of hydrogen-bond donors (Lipinski definition) is 3. The first kappa shape index (κ1) is 15.2. The summed E-state index contributed by atoms with van der Waals surface area (Å²) in [5.74, 6) is 0.129. The van der Waals surface area contributed by atoms with Gasteiger partial charge in [0.15, 0.2) is 0 Å². The molecule has 0 aromatic heterocycles. The van der Waals surface area contributed by atoms with E-state index in [-0.39, 0.29) is 17.2 Å². The molecule has 0 spiro atoms. The number of thiocarbonyl (C=S) groups is 1. The lowest BCUT2D eigenvalue weighted by molar-refractivity contribution is 0.0950. The van der Waals surface area contributed by atoms with Gasteiger partial charge < -0.3 is 20.9 Å². The predicted octanol–water partition coefficient (Wildman–Crippen LogP) is 1.59. The summed E-state index contributed by atoms with van der Waals surface area (Å²) in [7, 11) is 1.50. The van der Waals surface area contributed by atoms with Crippen LogP contribution in [0.15, 0.2) is 18.2 Å². The molecular weight excluding hydrogens is 264 g/mol. The van der Waals surface area contributed by atoms with E-state index < -0.39 is 0 Å². The number of phenolic OH excluding ortho intramolecular Hbond substituents is 1. The van der Waals surface area contributed by atoms with Gasteiger partial charge in [-0.3, -0.25) is 4.79 Å². The first-order chi connectivity index (χ1) is 9.04. The average Bonchev–Trinajstić information content (AvgIpc) is 2.38. The van der Waals surface area contributed by atoms with Crippen molar-refractivity contribution in [1.82, 2.24) is 5.32 Å². The number of hydrogen-bond acceptors (Lipinski definition) is 4. The second kappa shape index (κ2) is 7.58. The van der Waals surface area contributed by atoms with E-state index >= 15 is 0 Å². The molecule has 6 heteroatoms. The van der Waals surface area contributed by atoms with Gasteiger partial charge in [0.1, 0.15) is 11.5 Å². The number of carbonyl (C=O) groups is 1. The fourth-order valence-corrected chi connectivity index (χ4v) is 1.69. The molecule has 1 amide bonds. The number of rotatable bonds is 7. The zero-order chi connectivity index (χ0) is 14.3. The minimum atomic E-state index is -0.327. The van der Waals surface area contributed by atoms with Crippen molar-refractivity contribution in [3.63, 3.8) is 0 Å². The molecule has 0 unspecified atom stereocenters. The fourth-order valence-electron chi connectivity index (χ4n) is 1.55. The Labute approximate surface area is 117 Å². The van der Waals surface area contributed by atoms with E-state index in [2.05, 4.69) is 5.32 Å². The van der Waals surface area contributed by atoms with Crippen LogP contribution in [0, 0.1) is 0 Å². The number of nitrogens with two attached hydrogens (primary N) is 1. The Bertz CT molecular complexity index is 463. The summed E-state index contributed by atoms with van der Waals surface area (Å²) >= 11 is 4.76. The number of benzene rings is 1. The van der Waals surface area contributed by atoms with Crippen LogP contribution in [0.5, 0.6) is 11.5 Å². The minimum absolute atomic E-state index is 0.0681. The van der Waals surface area contributed by atoms with Gasteiger partial charge in [0, 0.05) is 6.54 Å².